The van der Waals surface area contributed by atoms with Crippen LogP contribution in [0, 0.1) is 17.2 Å². The van der Waals surface area contributed by atoms with Crippen LogP contribution in [-0.4, -0.2) is 17.2 Å². The summed E-state index contributed by atoms with van der Waals surface area (Å²) in [6, 6.07) is 2.01. The van der Waals surface area contributed by atoms with Crippen LogP contribution in [-0.2, 0) is 0 Å². The van der Waals surface area contributed by atoms with Crippen molar-refractivity contribution in [1.29, 1.82) is 5.26 Å². The summed E-state index contributed by atoms with van der Waals surface area (Å²) < 4.78 is 0. The Hall–Kier alpha value is -0.525. The zero-order valence-corrected chi connectivity index (χ0v) is 6.12. The van der Waals surface area contributed by atoms with E-state index in [1.54, 1.807) is 0 Å². The van der Waals surface area contributed by atoms with Crippen molar-refractivity contribution in [2.24, 2.45) is 5.92 Å². The number of nitrogens with zero attached hydrogens (tertiary/aromatic N) is 1. The molecule has 0 aliphatic heterocycles. The van der Waals surface area contributed by atoms with Gasteiger partial charge >= 0.3 is 7.12 Å². The van der Waals surface area contributed by atoms with Crippen LogP contribution in [0.15, 0.2) is 0 Å². The standard InChI is InChI=1S/C6H12BNO2/c1-2-3-6(5-8)4-7(9)10/h6,9-10H,2-4H2,1H3. The van der Waals surface area contributed by atoms with E-state index in [2.05, 4.69) is 0 Å². The third-order valence-electron chi connectivity index (χ3n) is 1.32. The summed E-state index contributed by atoms with van der Waals surface area (Å²) in [6.45, 7) is 1.97. The molecule has 10 heavy (non-hydrogen) atoms. The first kappa shape index (κ1) is 9.47. The van der Waals surface area contributed by atoms with Crippen molar-refractivity contribution in [3.05, 3.63) is 0 Å². The zero-order valence-electron chi connectivity index (χ0n) is 6.12. The summed E-state index contributed by atoms with van der Waals surface area (Å²) in [4.78, 5) is 0. The molecular weight excluding hydrogens is 129 g/mol. The Morgan fingerprint density at radius 1 is 1.60 bits per heavy atom. The predicted octanol–water partition coefficient (Wildman–Crippen LogP) is 0.399. The van der Waals surface area contributed by atoms with Gasteiger partial charge in [-0.15, -0.1) is 0 Å². The lowest BCUT2D eigenvalue weighted by atomic mass is 9.77. The minimum Gasteiger partial charge on any atom is -0.427 e. The molecule has 56 valence electrons. The van der Waals surface area contributed by atoms with Crippen LogP contribution in [0.5, 0.6) is 0 Å². The number of rotatable bonds is 4. The molecule has 1 unspecified atom stereocenters. The molecule has 0 fully saturated rings. The van der Waals surface area contributed by atoms with Gasteiger partial charge in [-0.2, -0.15) is 5.26 Å². The van der Waals surface area contributed by atoms with Crippen LogP contribution in [0.3, 0.4) is 0 Å². The molecule has 1 atom stereocenters. The van der Waals surface area contributed by atoms with Gasteiger partial charge < -0.3 is 10.0 Å². The fraction of sp³-hybridized carbons (Fsp3) is 0.833. The maximum Gasteiger partial charge on any atom is 0.452 e. The van der Waals surface area contributed by atoms with Gasteiger partial charge in [0.15, 0.2) is 0 Å². The van der Waals surface area contributed by atoms with Crippen LogP contribution >= 0.6 is 0 Å². The number of hydrogen-bond donors (Lipinski definition) is 2. The van der Waals surface area contributed by atoms with Gasteiger partial charge in [0.05, 0.1) is 6.07 Å². The Morgan fingerprint density at radius 2 is 2.20 bits per heavy atom. The van der Waals surface area contributed by atoms with Crippen molar-refractivity contribution in [3.63, 3.8) is 0 Å². The molecule has 0 spiro atoms. The van der Waals surface area contributed by atoms with Crippen molar-refractivity contribution in [2.45, 2.75) is 26.1 Å². The fourth-order valence-electron chi connectivity index (χ4n) is 0.838. The molecular formula is C6H12BNO2. The maximum absolute atomic E-state index is 8.48. The van der Waals surface area contributed by atoms with E-state index in [1.165, 1.54) is 0 Å². The van der Waals surface area contributed by atoms with Gasteiger partial charge in [-0.1, -0.05) is 13.3 Å². The average molecular weight is 141 g/mol. The van der Waals surface area contributed by atoms with E-state index in [4.69, 9.17) is 15.3 Å². The van der Waals surface area contributed by atoms with E-state index in [1.807, 2.05) is 13.0 Å². The number of hydrogen-bond acceptors (Lipinski definition) is 3. The second-order valence-electron chi connectivity index (χ2n) is 2.33. The highest BCUT2D eigenvalue weighted by molar-refractivity contribution is 6.41. The van der Waals surface area contributed by atoms with Gasteiger partial charge in [0.2, 0.25) is 0 Å². The van der Waals surface area contributed by atoms with E-state index in [0.717, 1.165) is 12.8 Å². The minimum absolute atomic E-state index is 0.171. The van der Waals surface area contributed by atoms with Crippen molar-refractivity contribution >= 4 is 7.12 Å². The fourth-order valence-corrected chi connectivity index (χ4v) is 0.838. The Morgan fingerprint density at radius 3 is 2.50 bits per heavy atom. The van der Waals surface area contributed by atoms with Gasteiger partial charge in [0.25, 0.3) is 0 Å². The smallest absolute Gasteiger partial charge is 0.427 e. The monoisotopic (exact) mass is 141 g/mol. The van der Waals surface area contributed by atoms with Crippen LogP contribution in [0.2, 0.25) is 6.32 Å². The molecule has 3 nitrogen and oxygen atoms in total. The Kier molecular flexibility index (Phi) is 5.00. The Balaban J connectivity index is 3.52. The SMILES string of the molecule is CCCC(C#N)CB(O)O. The van der Waals surface area contributed by atoms with E-state index < -0.39 is 7.12 Å². The molecule has 0 saturated carbocycles. The highest BCUT2D eigenvalue weighted by Gasteiger charge is 2.15. The molecule has 0 bridgehead atoms. The van der Waals surface area contributed by atoms with Gasteiger partial charge in [-0.3, -0.25) is 0 Å². The van der Waals surface area contributed by atoms with Gasteiger partial charge in [-0.25, -0.2) is 0 Å². The summed E-state index contributed by atoms with van der Waals surface area (Å²) in [6.07, 6.45) is 1.82. The molecule has 0 amide bonds. The molecule has 0 radical (unpaired) electrons. The van der Waals surface area contributed by atoms with Gasteiger partial charge in [0.1, 0.15) is 0 Å². The minimum atomic E-state index is -1.34. The van der Waals surface area contributed by atoms with E-state index in [9.17, 15) is 0 Å². The zero-order chi connectivity index (χ0) is 7.98. The molecule has 0 aromatic carbocycles. The number of nitriles is 1. The molecule has 0 aromatic heterocycles. The summed E-state index contributed by atoms with van der Waals surface area (Å²) in [5.74, 6) is -0.204. The molecule has 2 N–H and O–H groups in total. The van der Waals surface area contributed by atoms with Crippen LogP contribution in [0.25, 0.3) is 0 Å². The highest BCUT2D eigenvalue weighted by atomic mass is 16.4. The third kappa shape index (κ3) is 4.36. The lowest BCUT2D eigenvalue weighted by molar-refractivity contribution is 0.393. The van der Waals surface area contributed by atoms with Crippen molar-refractivity contribution < 1.29 is 10.0 Å². The topological polar surface area (TPSA) is 64.2 Å². The lowest BCUT2D eigenvalue weighted by Gasteiger charge is -2.04. The third-order valence-corrected chi connectivity index (χ3v) is 1.32. The first-order valence-corrected chi connectivity index (χ1v) is 3.46. The molecule has 0 aromatic rings. The second-order valence-corrected chi connectivity index (χ2v) is 2.33. The van der Waals surface area contributed by atoms with Crippen molar-refractivity contribution in [1.82, 2.24) is 0 Å². The van der Waals surface area contributed by atoms with Crippen molar-refractivity contribution in [2.75, 3.05) is 0 Å². The normalized spacial score (nSPS) is 12.2. The van der Waals surface area contributed by atoms with Crippen LogP contribution < -0.4 is 0 Å². The summed E-state index contributed by atoms with van der Waals surface area (Å²) in [5, 5.41) is 25.4. The highest BCUT2D eigenvalue weighted by Crippen LogP contribution is 2.10. The quantitative estimate of drug-likeness (QED) is 0.557. The summed E-state index contributed by atoms with van der Waals surface area (Å²) in [7, 11) is -1.34. The van der Waals surface area contributed by atoms with Gasteiger partial charge in [0, 0.05) is 5.92 Å². The van der Waals surface area contributed by atoms with Crippen LogP contribution in [0.4, 0.5) is 0 Å². The predicted molar refractivity (Wildman–Crippen MR) is 39.0 cm³/mol. The molecule has 0 aliphatic carbocycles. The molecule has 0 rings (SSSR count). The van der Waals surface area contributed by atoms with E-state index in [-0.39, 0.29) is 12.2 Å². The maximum atomic E-state index is 8.48. The molecule has 0 saturated heterocycles. The average Bonchev–Trinajstić information content (AvgIpc) is 1.86. The second kappa shape index (κ2) is 5.27. The molecule has 4 heteroatoms. The van der Waals surface area contributed by atoms with Gasteiger partial charge in [-0.05, 0) is 12.7 Å². The molecule has 0 heterocycles. The Labute approximate surface area is 61.4 Å². The first-order valence-electron chi connectivity index (χ1n) is 3.46. The summed E-state index contributed by atoms with van der Waals surface area (Å²) in [5.41, 5.74) is 0. The first-order chi connectivity index (χ1) is 4.70. The van der Waals surface area contributed by atoms with E-state index in [0.29, 0.717) is 0 Å². The summed E-state index contributed by atoms with van der Waals surface area (Å²) >= 11 is 0. The largest absolute Gasteiger partial charge is 0.452 e. The lowest BCUT2D eigenvalue weighted by Crippen LogP contribution is -2.15. The molecule has 0 aliphatic rings. The van der Waals surface area contributed by atoms with Crippen LogP contribution in [0.1, 0.15) is 19.8 Å². The van der Waals surface area contributed by atoms with E-state index >= 15 is 0 Å². The van der Waals surface area contributed by atoms with Crippen molar-refractivity contribution in [3.8, 4) is 6.07 Å². The Bertz CT molecular complexity index is 121.